The summed E-state index contributed by atoms with van der Waals surface area (Å²) in [6.07, 6.45) is -4.64. The monoisotopic (exact) mass is 564 g/mol. The Morgan fingerprint density at radius 1 is 1.06 bits per heavy atom. The van der Waals surface area contributed by atoms with Gasteiger partial charge in [0, 0.05) is 11.1 Å². The normalized spacial score (nSPS) is 12.2. The van der Waals surface area contributed by atoms with Gasteiger partial charge in [-0.1, -0.05) is 35.0 Å². The van der Waals surface area contributed by atoms with E-state index in [0.717, 1.165) is 20.6 Å². The minimum atomic E-state index is -4.64. The number of rotatable bonds is 6. The largest absolute Gasteiger partial charge is 0.495 e. The van der Waals surface area contributed by atoms with Crippen LogP contribution in [0, 0.1) is 0 Å². The number of anilines is 1. The van der Waals surface area contributed by atoms with Crippen molar-refractivity contribution in [2.45, 2.75) is 20.3 Å². The summed E-state index contributed by atoms with van der Waals surface area (Å²) in [6.45, 7) is 0. The number of aromatic nitrogens is 1. The Morgan fingerprint density at radius 3 is 2.50 bits per heavy atom. The molecular weight excluding hydrogens is 552 g/mol. The van der Waals surface area contributed by atoms with Gasteiger partial charge in [-0.05, 0) is 48.5 Å². The van der Waals surface area contributed by atoms with Crippen LogP contribution < -0.4 is 9.46 Å². The first-order chi connectivity index (χ1) is 16.0. The Morgan fingerprint density at radius 2 is 1.82 bits per heavy atom. The van der Waals surface area contributed by atoms with Crippen molar-refractivity contribution >= 4 is 72.2 Å². The van der Waals surface area contributed by atoms with Crippen LogP contribution in [0.3, 0.4) is 0 Å². The van der Waals surface area contributed by atoms with Gasteiger partial charge in [-0.3, -0.25) is 4.72 Å². The van der Waals surface area contributed by atoms with Gasteiger partial charge in [0.05, 0.1) is 38.5 Å². The highest BCUT2D eigenvalue weighted by Gasteiger charge is 2.32. The van der Waals surface area contributed by atoms with Crippen molar-refractivity contribution in [2.75, 3.05) is 11.8 Å². The molecule has 0 aliphatic carbocycles. The number of thiazole rings is 1. The molecule has 1 N–H and O–H groups in total. The van der Waals surface area contributed by atoms with Gasteiger partial charge in [-0.15, -0.1) is 11.3 Å². The van der Waals surface area contributed by atoms with Crippen LogP contribution in [0.25, 0.3) is 10.2 Å². The number of hydrogen-bond acceptors (Lipinski definition) is 6. The molecule has 13 heteroatoms. The third kappa shape index (κ3) is 5.38. The number of benzene rings is 3. The van der Waals surface area contributed by atoms with E-state index in [0.29, 0.717) is 27.8 Å². The smallest absolute Gasteiger partial charge is 0.416 e. The van der Waals surface area contributed by atoms with Crippen LogP contribution in [0.1, 0.15) is 5.56 Å². The first kappa shape index (κ1) is 24.9. The lowest BCUT2D eigenvalue weighted by molar-refractivity contribution is -0.137. The Balaban J connectivity index is 1.58. The minimum Gasteiger partial charge on any atom is -0.495 e. The lowest BCUT2D eigenvalue weighted by atomic mass is 10.2. The van der Waals surface area contributed by atoms with Gasteiger partial charge in [0.25, 0.3) is 10.0 Å². The maximum absolute atomic E-state index is 12.8. The highest BCUT2D eigenvalue weighted by Crippen LogP contribution is 2.41. The topological polar surface area (TPSA) is 68.3 Å². The zero-order chi connectivity index (χ0) is 24.7. The molecule has 0 atom stereocenters. The summed E-state index contributed by atoms with van der Waals surface area (Å²) >= 11 is 14.7. The maximum atomic E-state index is 12.8. The number of halogens is 5. The van der Waals surface area contributed by atoms with Crippen molar-refractivity contribution in [3.8, 4) is 5.75 Å². The molecular formula is C21H13Cl2F3N2O3S3. The molecule has 0 fully saturated rings. The molecule has 0 spiro atoms. The van der Waals surface area contributed by atoms with Crippen molar-refractivity contribution < 1.29 is 26.3 Å². The lowest BCUT2D eigenvalue weighted by Gasteiger charge is -2.14. The molecule has 178 valence electrons. The number of methoxy groups -OCH3 is 1. The molecule has 5 nitrogen and oxygen atoms in total. The number of hydrogen-bond donors (Lipinski definition) is 1. The fourth-order valence-electron chi connectivity index (χ4n) is 2.94. The predicted molar refractivity (Wildman–Crippen MR) is 129 cm³/mol. The highest BCUT2D eigenvalue weighted by molar-refractivity contribution is 8.01. The van der Waals surface area contributed by atoms with Crippen LogP contribution in [0.15, 0.2) is 68.7 Å². The summed E-state index contributed by atoms with van der Waals surface area (Å²) in [4.78, 5) is 4.74. The number of ether oxygens (including phenoxy) is 1. The number of alkyl halides is 3. The molecule has 4 rings (SSSR count). The van der Waals surface area contributed by atoms with Gasteiger partial charge < -0.3 is 4.74 Å². The zero-order valence-corrected chi connectivity index (χ0v) is 20.9. The second-order valence-corrected chi connectivity index (χ2v) is 11.6. The van der Waals surface area contributed by atoms with E-state index < -0.39 is 31.7 Å². The van der Waals surface area contributed by atoms with Crippen LogP contribution in [0.4, 0.5) is 18.9 Å². The van der Waals surface area contributed by atoms with Crippen LogP contribution in [0.5, 0.6) is 5.75 Å². The Labute approximate surface area is 210 Å². The molecule has 0 bridgehead atoms. The van der Waals surface area contributed by atoms with E-state index in [4.69, 9.17) is 27.9 Å². The first-order valence-corrected chi connectivity index (χ1v) is 13.1. The zero-order valence-electron chi connectivity index (χ0n) is 17.0. The van der Waals surface area contributed by atoms with E-state index in [1.165, 1.54) is 42.3 Å². The fraction of sp³-hybridized carbons (Fsp3) is 0.0952. The van der Waals surface area contributed by atoms with Crippen LogP contribution in [-0.2, 0) is 16.2 Å². The van der Waals surface area contributed by atoms with Crippen molar-refractivity contribution in [1.82, 2.24) is 4.98 Å². The van der Waals surface area contributed by atoms with Crippen molar-refractivity contribution in [3.63, 3.8) is 0 Å². The third-order valence-corrected chi connectivity index (χ3v) is 8.75. The average Bonchev–Trinajstić information content (AvgIpc) is 3.15. The SMILES string of the molecule is COc1cc(NS(=O)(=O)c2ccc(C(F)(F)F)cc2Cl)ccc1Sc1nc2cc(Cl)ccc2s1. The lowest BCUT2D eigenvalue weighted by Crippen LogP contribution is -2.14. The van der Waals surface area contributed by atoms with E-state index in [1.54, 1.807) is 18.2 Å². The first-order valence-electron chi connectivity index (χ1n) is 9.28. The molecule has 0 unspecified atom stereocenters. The van der Waals surface area contributed by atoms with E-state index in [1.807, 2.05) is 6.07 Å². The third-order valence-electron chi connectivity index (χ3n) is 4.49. The molecule has 3 aromatic carbocycles. The fourth-order valence-corrected chi connectivity index (χ4v) is 6.79. The number of nitrogens with zero attached hydrogens (tertiary/aromatic N) is 1. The van der Waals surface area contributed by atoms with Crippen molar-refractivity contribution in [1.29, 1.82) is 0 Å². The van der Waals surface area contributed by atoms with E-state index in [2.05, 4.69) is 9.71 Å². The molecule has 4 aromatic rings. The molecule has 0 saturated carbocycles. The predicted octanol–water partition coefficient (Wildman–Crippen LogP) is 7.58. The summed E-state index contributed by atoms with van der Waals surface area (Å²) in [7, 11) is -2.83. The van der Waals surface area contributed by atoms with Crippen molar-refractivity contribution in [3.05, 3.63) is 70.2 Å². The molecule has 1 aromatic heterocycles. The van der Waals surface area contributed by atoms with Gasteiger partial charge in [0.2, 0.25) is 0 Å². The van der Waals surface area contributed by atoms with E-state index in [9.17, 15) is 21.6 Å². The Kier molecular flexibility index (Phi) is 6.94. The summed E-state index contributed by atoms with van der Waals surface area (Å²) in [5.74, 6) is 0.376. The summed E-state index contributed by atoms with van der Waals surface area (Å²) < 4.78 is 73.4. The molecule has 34 heavy (non-hydrogen) atoms. The second-order valence-electron chi connectivity index (χ2n) is 6.81. The van der Waals surface area contributed by atoms with Crippen LogP contribution >= 0.6 is 46.3 Å². The van der Waals surface area contributed by atoms with Crippen molar-refractivity contribution in [2.24, 2.45) is 0 Å². The van der Waals surface area contributed by atoms with Gasteiger partial charge in [0.1, 0.15) is 10.6 Å². The summed E-state index contributed by atoms with van der Waals surface area (Å²) in [5.41, 5.74) is -0.137. The number of nitrogens with one attached hydrogen (secondary N) is 1. The van der Waals surface area contributed by atoms with Gasteiger partial charge in [-0.25, -0.2) is 13.4 Å². The number of fused-ring (bicyclic) bond motifs is 1. The Bertz CT molecular complexity index is 1490. The summed E-state index contributed by atoms with van der Waals surface area (Å²) in [6, 6.07) is 12.1. The van der Waals surface area contributed by atoms with Crippen LogP contribution in [0.2, 0.25) is 10.0 Å². The molecule has 0 radical (unpaired) electrons. The maximum Gasteiger partial charge on any atom is 0.416 e. The van der Waals surface area contributed by atoms with E-state index in [-0.39, 0.29) is 5.69 Å². The number of sulfonamides is 1. The van der Waals surface area contributed by atoms with Gasteiger partial charge in [-0.2, -0.15) is 13.2 Å². The Hall–Kier alpha value is -2.18. The van der Waals surface area contributed by atoms with E-state index >= 15 is 0 Å². The second kappa shape index (κ2) is 9.46. The molecule has 0 aliphatic heterocycles. The minimum absolute atomic E-state index is 0.147. The van der Waals surface area contributed by atoms with Crippen LogP contribution in [-0.4, -0.2) is 20.5 Å². The quantitative estimate of drug-likeness (QED) is 0.261. The molecule has 0 aliphatic rings. The van der Waals surface area contributed by atoms with Gasteiger partial charge in [0.15, 0.2) is 4.34 Å². The highest BCUT2D eigenvalue weighted by atomic mass is 35.5. The summed E-state index contributed by atoms with van der Waals surface area (Å²) in [5, 5.41) is 0.0362. The molecule has 0 amide bonds. The standard InChI is InChI=1S/C21H13Cl2F3N2O3S3/c1-31-16-10-13(28-34(29,30)19-7-2-11(8-14(19)23)21(24,25)26)4-6-18(16)33-20-27-15-9-12(22)3-5-17(15)32-20/h2-10,28H,1H3. The molecule has 0 saturated heterocycles. The average molecular weight is 565 g/mol. The molecule has 1 heterocycles. The van der Waals surface area contributed by atoms with Gasteiger partial charge >= 0.3 is 6.18 Å².